The number of fused-ring (bicyclic) bond motifs is 1. The Morgan fingerprint density at radius 3 is 2.26 bits per heavy atom. The molecule has 0 aliphatic carbocycles. The van der Waals surface area contributed by atoms with Crippen LogP contribution in [0, 0.1) is 0 Å². The van der Waals surface area contributed by atoms with E-state index < -0.39 is 15.9 Å². The molecule has 3 N–H and O–H groups in total. The van der Waals surface area contributed by atoms with Crippen molar-refractivity contribution in [3.05, 3.63) is 66.2 Å². The number of ether oxygens (including phenoxy) is 3. The van der Waals surface area contributed by atoms with Crippen molar-refractivity contribution in [1.82, 2.24) is 14.9 Å². The monoisotopic (exact) mass is 615 g/mol. The van der Waals surface area contributed by atoms with Gasteiger partial charge in [-0.05, 0) is 29.8 Å². The highest BCUT2D eigenvalue weighted by atomic mass is 32.2. The number of hydrogen-bond donors (Lipinski definition) is 3. The van der Waals surface area contributed by atoms with E-state index in [9.17, 15) is 22.3 Å². The normalized spacial score (nSPS) is 14.6. The summed E-state index contributed by atoms with van der Waals surface area (Å²) in [5.74, 6) is -1.59. The molecule has 43 heavy (non-hydrogen) atoms. The third-order valence-electron chi connectivity index (χ3n) is 6.64. The Labute approximate surface area is 247 Å². The van der Waals surface area contributed by atoms with Gasteiger partial charge in [0.05, 0.1) is 55.5 Å². The zero-order valence-corrected chi connectivity index (χ0v) is 24.3. The smallest absolute Gasteiger partial charge is 0.272 e. The molecule has 0 spiro atoms. The van der Waals surface area contributed by atoms with E-state index in [1.165, 1.54) is 26.4 Å². The van der Waals surface area contributed by atoms with E-state index in [4.69, 9.17) is 14.2 Å². The molecule has 0 unspecified atom stereocenters. The van der Waals surface area contributed by atoms with Crippen molar-refractivity contribution in [2.45, 2.75) is 23.8 Å². The van der Waals surface area contributed by atoms with Gasteiger partial charge in [-0.25, -0.2) is 27.2 Å². The Kier molecular flexibility index (Phi) is 8.80. The first-order valence-corrected chi connectivity index (χ1v) is 14.8. The van der Waals surface area contributed by atoms with Crippen molar-refractivity contribution in [2.75, 3.05) is 50.6 Å². The summed E-state index contributed by atoms with van der Waals surface area (Å²) in [5.41, 5.74) is 2.03. The SMILES string of the molecule is COc1cc(Nc2nc3ccccc3nc2NS(=O)(=O)c2ccc(CN3CC(F)(F)C3)cc2)c(OCCCO)c(OC)c1. The number of aromatic nitrogens is 2. The molecule has 228 valence electrons. The van der Waals surface area contributed by atoms with Gasteiger partial charge in [-0.15, -0.1) is 0 Å². The predicted molar refractivity (Wildman–Crippen MR) is 157 cm³/mol. The summed E-state index contributed by atoms with van der Waals surface area (Å²) in [6, 6.07) is 16.3. The molecular weight excluding hydrogens is 584 g/mol. The lowest BCUT2D eigenvalue weighted by Crippen LogP contribution is -2.55. The Morgan fingerprint density at radius 1 is 0.977 bits per heavy atom. The first kappa shape index (κ1) is 30.2. The summed E-state index contributed by atoms with van der Waals surface area (Å²) in [6.07, 6.45) is 0.374. The van der Waals surface area contributed by atoms with Crippen LogP contribution in [0.4, 0.5) is 26.1 Å². The topological polar surface area (TPSA) is 135 Å². The highest BCUT2D eigenvalue weighted by Gasteiger charge is 2.43. The van der Waals surface area contributed by atoms with Gasteiger partial charge in [0.25, 0.3) is 15.9 Å². The number of anilines is 3. The van der Waals surface area contributed by atoms with Crippen LogP contribution in [-0.4, -0.2) is 74.8 Å². The molecule has 1 aromatic heterocycles. The number of hydrogen-bond acceptors (Lipinski definition) is 10. The average Bonchev–Trinajstić information content (AvgIpc) is 2.97. The third-order valence-corrected chi connectivity index (χ3v) is 7.99. The number of aliphatic hydroxyl groups excluding tert-OH is 1. The van der Waals surface area contributed by atoms with Crippen LogP contribution in [0.5, 0.6) is 17.2 Å². The lowest BCUT2D eigenvalue weighted by Gasteiger charge is -2.38. The number of halogens is 2. The predicted octanol–water partition coefficient (Wildman–Crippen LogP) is 4.40. The fourth-order valence-electron chi connectivity index (χ4n) is 4.55. The molecule has 1 aliphatic rings. The molecule has 11 nitrogen and oxygen atoms in total. The number of aliphatic hydroxyl groups is 1. The zero-order chi connectivity index (χ0) is 30.6. The molecule has 4 aromatic rings. The number of benzene rings is 3. The van der Waals surface area contributed by atoms with Crippen molar-refractivity contribution in [3.63, 3.8) is 0 Å². The van der Waals surface area contributed by atoms with Gasteiger partial charge in [0.2, 0.25) is 0 Å². The number of nitrogens with one attached hydrogen (secondary N) is 2. The van der Waals surface area contributed by atoms with Gasteiger partial charge in [-0.1, -0.05) is 24.3 Å². The van der Waals surface area contributed by atoms with Crippen LogP contribution in [0.25, 0.3) is 11.0 Å². The second kappa shape index (κ2) is 12.5. The molecule has 1 aliphatic heterocycles. The minimum absolute atomic E-state index is 0.0397. The summed E-state index contributed by atoms with van der Waals surface area (Å²) in [5, 5.41) is 12.3. The van der Waals surface area contributed by atoms with Crippen LogP contribution in [-0.2, 0) is 16.6 Å². The van der Waals surface area contributed by atoms with Crippen LogP contribution in [0.1, 0.15) is 12.0 Å². The number of rotatable bonds is 13. The van der Waals surface area contributed by atoms with Gasteiger partial charge >= 0.3 is 0 Å². The second-order valence-corrected chi connectivity index (χ2v) is 11.6. The van der Waals surface area contributed by atoms with Crippen LogP contribution in [0.15, 0.2) is 65.6 Å². The van der Waals surface area contributed by atoms with Gasteiger partial charge in [0, 0.05) is 31.7 Å². The lowest BCUT2D eigenvalue weighted by molar-refractivity contribution is -0.133. The number of nitrogens with zero attached hydrogens (tertiary/aromatic N) is 3. The summed E-state index contributed by atoms with van der Waals surface area (Å²) >= 11 is 0. The average molecular weight is 616 g/mol. The lowest BCUT2D eigenvalue weighted by atomic mass is 10.1. The molecular formula is C29H31F2N5O6S. The van der Waals surface area contributed by atoms with Crippen molar-refractivity contribution < 1.29 is 36.5 Å². The van der Waals surface area contributed by atoms with Gasteiger partial charge < -0.3 is 24.6 Å². The quantitative estimate of drug-likeness (QED) is 0.186. The third kappa shape index (κ3) is 7.04. The van der Waals surface area contributed by atoms with E-state index in [0.29, 0.717) is 52.5 Å². The number of likely N-dealkylation sites (tertiary alicyclic amines) is 1. The fourth-order valence-corrected chi connectivity index (χ4v) is 5.56. The Balaban J connectivity index is 1.47. The highest BCUT2D eigenvalue weighted by Crippen LogP contribution is 2.42. The molecule has 0 amide bonds. The molecule has 0 saturated carbocycles. The van der Waals surface area contributed by atoms with Crippen LogP contribution >= 0.6 is 0 Å². The minimum atomic E-state index is -4.14. The summed E-state index contributed by atoms with van der Waals surface area (Å²) in [6.45, 7) is -0.234. The molecule has 3 aromatic carbocycles. The molecule has 5 rings (SSSR count). The highest BCUT2D eigenvalue weighted by molar-refractivity contribution is 7.92. The summed E-state index contributed by atoms with van der Waals surface area (Å²) in [7, 11) is -1.18. The maximum atomic E-state index is 13.5. The van der Waals surface area contributed by atoms with Crippen LogP contribution in [0.2, 0.25) is 0 Å². The number of para-hydroxylation sites is 2. The van der Waals surface area contributed by atoms with E-state index in [2.05, 4.69) is 20.0 Å². The molecule has 0 bridgehead atoms. The molecule has 0 atom stereocenters. The van der Waals surface area contributed by atoms with Gasteiger partial charge in [0.1, 0.15) is 5.75 Å². The maximum absolute atomic E-state index is 13.5. The van der Waals surface area contributed by atoms with Crippen LogP contribution in [0.3, 0.4) is 0 Å². The van der Waals surface area contributed by atoms with E-state index in [1.54, 1.807) is 53.4 Å². The molecule has 14 heteroatoms. The van der Waals surface area contributed by atoms with E-state index in [0.717, 1.165) is 0 Å². The fraction of sp³-hybridized carbons (Fsp3) is 0.310. The number of methoxy groups -OCH3 is 2. The van der Waals surface area contributed by atoms with Crippen LogP contribution < -0.4 is 24.2 Å². The summed E-state index contributed by atoms with van der Waals surface area (Å²) in [4.78, 5) is 10.7. The van der Waals surface area contributed by atoms with Crippen molar-refractivity contribution in [3.8, 4) is 17.2 Å². The zero-order valence-electron chi connectivity index (χ0n) is 23.5. The van der Waals surface area contributed by atoms with Gasteiger partial charge in [-0.2, -0.15) is 0 Å². The maximum Gasteiger partial charge on any atom is 0.272 e. The summed E-state index contributed by atoms with van der Waals surface area (Å²) < 4.78 is 72.6. The van der Waals surface area contributed by atoms with E-state index in [-0.39, 0.29) is 42.8 Å². The Morgan fingerprint density at radius 2 is 1.65 bits per heavy atom. The van der Waals surface area contributed by atoms with E-state index in [1.807, 2.05) is 0 Å². The Bertz CT molecular complexity index is 1700. The van der Waals surface area contributed by atoms with Crippen molar-refractivity contribution in [2.24, 2.45) is 0 Å². The van der Waals surface area contributed by atoms with Gasteiger partial charge in [-0.3, -0.25) is 9.62 Å². The molecule has 1 fully saturated rings. The molecule has 0 radical (unpaired) electrons. The first-order chi connectivity index (χ1) is 20.6. The largest absolute Gasteiger partial charge is 0.497 e. The molecule has 2 heterocycles. The van der Waals surface area contributed by atoms with Crippen molar-refractivity contribution >= 4 is 38.4 Å². The second-order valence-electron chi connectivity index (χ2n) is 9.92. The Hall–Kier alpha value is -4.27. The number of sulfonamides is 1. The van der Waals surface area contributed by atoms with Gasteiger partial charge in [0.15, 0.2) is 23.1 Å². The first-order valence-electron chi connectivity index (χ1n) is 13.4. The number of alkyl halides is 2. The minimum Gasteiger partial charge on any atom is -0.497 e. The van der Waals surface area contributed by atoms with E-state index >= 15 is 0 Å². The standard InChI is InChI=1S/C29H31F2N5O6S/c1-40-20-14-24(26(25(15-20)41-2)42-13-5-12-37)34-27-28(33-23-7-4-3-6-22(23)32-27)35-43(38,39)21-10-8-19(9-11-21)16-36-17-29(30,31)18-36/h3-4,6-11,14-15,37H,5,12-13,16-18H2,1-2H3,(H,32,34)(H,33,35). The molecule has 1 saturated heterocycles. The van der Waals surface area contributed by atoms with Crippen molar-refractivity contribution in [1.29, 1.82) is 0 Å².